The minimum atomic E-state index is -0.895. The maximum atomic E-state index is 12.3. The van der Waals surface area contributed by atoms with Crippen molar-refractivity contribution < 1.29 is 14.7 Å². The summed E-state index contributed by atoms with van der Waals surface area (Å²) in [7, 11) is 0. The molecule has 3 N–H and O–H groups in total. The van der Waals surface area contributed by atoms with Crippen LogP contribution in [0, 0.1) is 0 Å². The van der Waals surface area contributed by atoms with E-state index in [0.29, 0.717) is 5.56 Å². The van der Waals surface area contributed by atoms with Crippen molar-refractivity contribution in [2.75, 3.05) is 5.75 Å². The summed E-state index contributed by atoms with van der Waals surface area (Å²) in [4.78, 5) is 24.0. The molecule has 1 aliphatic rings. The number of rotatable bonds is 4. The predicted molar refractivity (Wildman–Crippen MR) is 80.9 cm³/mol. The Balaban J connectivity index is 2.08. The van der Waals surface area contributed by atoms with Crippen molar-refractivity contribution >= 4 is 35.0 Å². The average molecular weight is 323 g/mol. The highest BCUT2D eigenvalue weighted by Crippen LogP contribution is 2.43. The quantitative estimate of drug-likeness (QED) is 0.748. The second-order valence-electron chi connectivity index (χ2n) is 4.79. The number of nitrogens with zero attached hydrogens (tertiary/aromatic N) is 1. The minimum absolute atomic E-state index is 0.0597. The number of carbonyl (C=O) groups excluding carboxylic acids is 1. The summed E-state index contributed by atoms with van der Waals surface area (Å²) in [6, 6.07) is 1.92. The molecule has 0 aliphatic carbocycles. The van der Waals surface area contributed by atoms with E-state index in [9.17, 15) is 9.59 Å². The SMILES string of the molecule is C[C@@H]1Cc2c(-c3cc[nH]n3)sc(SCC(=O)O)c2C(=O)N1. The monoisotopic (exact) mass is 323 g/mol. The molecule has 0 spiro atoms. The van der Waals surface area contributed by atoms with Gasteiger partial charge in [-0.25, -0.2) is 0 Å². The number of nitrogens with one attached hydrogen (secondary N) is 2. The zero-order valence-corrected chi connectivity index (χ0v) is 12.8. The third-order valence-corrected chi connectivity index (χ3v) is 5.66. The summed E-state index contributed by atoms with van der Waals surface area (Å²) < 4.78 is 0.745. The predicted octanol–water partition coefficient (Wildman–Crippen LogP) is 1.99. The molecule has 2 aromatic heterocycles. The molecule has 0 bridgehead atoms. The van der Waals surface area contributed by atoms with E-state index in [0.717, 1.165) is 26.8 Å². The molecule has 0 radical (unpaired) electrons. The van der Waals surface area contributed by atoms with Gasteiger partial charge in [-0.3, -0.25) is 14.7 Å². The second-order valence-corrected chi connectivity index (χ2v) is 7.06. The number of H-pyrrole nitrogens is 1. The van der Waals surface area contributed by atoms with Gasteiger partial charge in [0.2, 0.25) is 0 Å². The standard InChI is InChI=1S/C13H13N3O3S2/c1-6-4-7-10(12(19)15-6)13(20-5-9(17)18)21-11(7)8-2-3-14-16-8/h2-3,6H,4-5H2,1H3,(H,14,16)(H,15,19)(H,17,18)/t6-/m1/s1. The third kappa shape index (κ3) is 2.68. The van der Waals surface area contributed by atoms with Gasteiger partial charge in [-0.1, -0.05) is 0 Å². The Morgan fingerprint density at radius 2 is 2.43 bits per heavy atom. The Morgan fingerprint density at radius 3 is 3.10 bits per heavy atom. The molecular formula is C13H13N3O3S2. The molecule has 0 saturated carbocycles. The van der Waals surface area contributed by atoms with Crippen molar-refractivity contribution in [1.29, 1.82) is 0 Å². The molecule has 3 heterocycles. The van der Waals surface area contributed by atoms with E-state index in [1.807, 2.05) is 13.0 Å². The lowest BCUT2D eigenvalue weighted by molar-refractivity contribution is -0.133. The summed E-state index contributed by atoms with van der Waals surface area (Å²) in [6.07, 6.45) is 2.46. The number of thioether (sulfide) groups is 1. The number of carboxylic acid groups (broad SMARTS) is 1. The highest BCUT2D eigenvalue weighted by Gasteiger charge is 2.31. The van der Waals surface area contributed by atoms with Gasteiger partial charge in [0.05, 0.1) is 20.4 Å². The molecule has 0 saturated heterocycles. The molecule has 2 aromatic rings. The molecule has 0 unspecified atom stereocenters. The number of aromatic nitrogens is 2. The molecule has 0 aromatic carbocycles. The number of thiophene rings is 1. The van der Waals surface area contributed by atoms with E-state index in [-0.39, 0.29) is 17.7 Å². The molecule has 1 amide bonds. The van der Waals surface area contributed by atoms with Gasteiger partial charge in [0, 0.05) is 12.2 Å². The lowest BCUT2D eigenvalue weighted by Gasteiger charge is -2.21. The van der Waals surface area contributed by atoms with Crippen LogP contribution in [-0.4, -0.2) is 39.0 Å². The van der Waals surface area contributed by atoms with Crippen LogP contribution in [0.1, 0.15) is 22.8 Å². The highest BCUT2D eigenvalue weighted by molar-refractivity contribution is 8.01. The van der Waals surface area contributed by atoms with E-state index in [1.165, 1.54) is 23.1 Å². The number of carbonyl (C=O) groups is 2. The van der Waals surface area contributed by atoms with Crippen LogP contribution in [0.5, 0.6) is 0 Å². The molecule has 110 valence electrons. The Morgan fingerprint density at radius 1 is 1.62 bits per heavy atom. The third-order valence-electron chi connectivity index (χ3n) is 3.15. The molecule has 8 heteroatoms. The van der Waals surface area contributed by atoms with Crippen LogP contribution in [0.3, 0.4) is 0 Å². The first-order valence-corrected chi connectivity index (χ1v) is 8.17. The van der Waals surface area contributed by atoms with Gasteiger partial charge in [-0.2, -0.15) is 5.10 Å². The number of amides is 1. The van der Waals surface area contributed by atoms with Crippen LogP contribution < -0.4 is 5.32 Å². The molecular weight excluding hydrogens is 310 g/mol. The van der Waals surface area contributed by atoms with Crippen LogP contribution in [0.4, 0.5) is 0 Å². The number of carboxylic acids is 1. The lowest BCUT2D eigenvalue weighted by atomic mass is 9.97. The zero-order chi connectivity index (χ0) is 15.0. The number of aromatic amines is 1. The van der Waals surface area contributed by atoms with Gasteiger partial charge in [0.1, 0.15) is 5.69 Å². The van der Waals surface area contributed by atoms with Crippen molar-refractivity contribution in [1.82, 2.24) is 15.5 Å². The number of hydrogen-bond acceptors (Lipinski definition) is 5. The van der Waals surface area contributed by atoms with Gasteiger partial charge in [0.25, 0.3) is 5.91 Å². The number of hydrogen-bond donors (Lipinski definition) is 3. The normalized spacial score (nSPS) is 17.4. The van der Waals surface area contributed by atoms with Gasteiger partial charge in [0.15, 0.2) is 0 Å². The Bertz CT molecular complexity index is 694. The van der Waals surface area contributed by atoms with Gasteiger partial charge < -0.3 is 10.4 Å². The van der Waals surface area contributed by atoms with Crippen LogP contribution in [0.2, 0.25) is 0 Å². The Kier molecular flexibility index (Phi) is 3.73. The molecule has 21 heavy (non-hydrogen) atoms. The van der Waals surface area contributed by atoms with E-state index in [1.54, 1.807) is 6.20 Å². The minimum Gasteiger partial charge on any atom is -0.481 e. The first kappa shape index (κ1) is 14.2. The molecule has 1 aliphatic heterocycles. The van der Waals surface area contributed by atoms with Crippen LogP contribution in [0.25, 0.3) is 10.6 Å². The van der Waals surface area contributed by atoms with Crippen molar-refractivity contribution in [3.05, 3.63) is 23.4 Å². The van der Waals surface area contributed by atoms with Crippen molar-refractivity contribution in [3.8, 4) is 10.6 Å². The maximum absolute atomic E-state index is 12.3. The summed E-state index contributed by atoms with van der Waals surface area (Å²) in [5.74, 6) is -1.08. The first-order chi connectivity index (χ1) is 10.1. The fourth-order valence-electron chi connectivity index (χ4n) is 2.34. The highest BCUT2D eigenvalue weighted by atomic mass is 32.2. The smallest absolute Gasteiger partial charge is 0.313 e. The Hall–Kier alpha value is -1.80. The Labute approximate surface area is 129 Å². The van der Waals surface area contributed by atoms with E-state index >= 15 is 0 Å². The number of fused-ring (bicyclic) bond motifs is 1. The molecule has 6 nitrogen and oxygen atoms in total. The summed E-state index contributed by atoms with van der Waals surface area (Å²) in [5.41, 5.74) is 2.37. The first-order valence-electron chi connectivity index (χ1n) is 6.37. The van der Waals surface area contributed by atoms with Gasteiger partial charge in [-0.15, -0.1) is 23.1 Å². The van der Waals surface area contributed by atoms with Crippen LogP contribution in [-0.2, 0) is 11.2 Å². The summed E-state index contributed by atoms with van der Waals surface area (Å²) in [5, 5.41) is 18.7. The lowest BCUT2D eigenvalue weighted by Crippen LogP contribution is -2.39. The topological polar surface area (TPSA) is 95.1 Å². The summed E-state index contributed by atoms with van der Waals surface area (Å²) in [6.45, 7) is 1.96. The fraction of sp³-hybridized carbons (Fsp3) is 0.308. The number of aliphatic carboxylic acids is 1. The van der Waals surface area contributed by atoms with E-state index in [4.69, 9.17) is 5.11 Å². The fourth-order valence-corrected chi connectivity index (χ4v) is 4.65. The van der Waals surface area contributed by atoms with E-state index < -0.39 is 5.97 Å². The molecule has 0 fully saturated rings. The van der Waals surface area contributed by atoms with Crippen molar-refractivity contribution in [2.24, 2.45) is 0 Å². The largest absolute Gasteiger partial charge is 0.481 e. The van der Waals surface area contributed by atoms with Crippen LogP contribution in [0.15, 0.2) is 16.5 Å². The molecule has 3 rings (SSSR count). The van der Waals surface area contributed by atoms with Crippen LogP contribution >= 0.6 is 23.1 Å². The zero-order valence-electron chi connectivity index (χ0n) is 11.2. The second kappa shape index (κ2) is 5.53. The summed E-state index contributed by atoms with van der Waals surface area (Å²) >= 11 is 2.62. The maximum Gasteiger partial charge on any atom is 0.313 e. The van der Waals surface area contributed by atoms with E-state index in [2.05, 4.69) is 15.5 Å². The van der Waals surface area contributed by atoms with Crippen molar-refractivity contribution in [2.45, 2.75) is 23.6 Å². The molecule has 1 atom stereocenters. The van der Waals surface area contributed by atoms with Crippen molar-refractivity contribution in [3.63, 3.8) is 0 Å². The average Bonchev–Trinajstić information content (AvgIpc) is 3.02. The van der Waals surface area contributed by atoms with Gasteiger partial charge >= 0.3 is 5.97 Å². The van der Waals surface area contributed by atoms with Gasteiger partial charge in [-0.05, 0) is 25.0 Å².